The van der Waals surface area contributed by atoms with Gasteiger partial charge in [-0.1, -0.05) is 0 Å². The molecule has 0 aromatic carbocycles. The first-order chi connectivity index (χ1) is 9.07. The second-order valence-corrected chi connectivity index (χ2v) is 6.37. The van der Waals surface area contributed by atoms with Crippen LogP contribution in [0.25, 0.3) is 0 Å². The van der Waals surface area contributed by atoms with E-state index in [1.165, 1.54) is 0 Å². The maximum absolute atomic E-state index is 11.7. The smallest absolute Gasteiger partial charge is 0.221 e. The van der Waals surface area contributed by atoms with Crippen molar-refractivity contribution in [2.24, 2.45) is 0 Å². The zero-order valence-corrected chi connectivity index (χ0v) is 12.1. The molecule has 5 nitrogen and oxygen atoms in total. The summed E-state index contributed by atoms with van der Waals surface area (Å²) in [6, 6.07) is 0. The van der Waals surface area contributed by atoms with E-state index in [-0.39, 0.29) is 5.91 Å². The predicted octanol–water partition coefficient (Wildman–Crippen LogP) is 0.956. The van der Waals surface area contributed by atoms with Crippen LogP contribution in [0.1, 0.15) is 24.8 Å². The third-order valence-corrected chi connectivity index (χ3v) is 4.35. The van der Waals surface area contributed by atoms with E-state index in [1.54, 1.807) is 10.9 Å². The molecule has 0 spiro atoms. The molecular weight excluding hydrogens is 262 g/mol. The Bertz CT molecular complexity index is 427. The molecule has 1 aromatic rings. The van der Waals surface area contributed by atoms with Crippen LogP contribution in [0.4, 0.5) is 0 Å². The van der Waals surface area contributed by atoms with Crippen LogP contribution in [-0.2, 0) is 11.3 Å². The molecule has 1 aliphatic heterocycles. The molecule has 1 aromatic heterocycles. The third-order valence-electron chi connectivity index (χ3n) is 3.37. The zero-order valence-electron chi connectivity index (χ0n) is 11.3. The summed E-state index contributed by atoms with van der Waals surface area (Å²) >= 11 is 1.86. The fourth-order valence-electron chi connectivity index (χ4n) is 2.08. The van der Waals surface area contributed by atoms with Crippen molar-refractivity contribution in [2.75, 3.05) is 18.1 Å². The van der Waals surface area contributed by atoms with Gasteiger partial charge in [0.15, 0.2) is 0 Å². The molecule has 2 heterocycles. The molecule has 0 bridgehead atoms. The van der Waals surface area contributed by atoms with Gasteiger partial charge in [0.25, 0.3) is 0 Å². The number of amides is 1. The van der Waals surface area contributed by atoms with Crippen molar-refractivity contribution in [1.82, 2.24) is 15.1 Å². The van der Waals surface area contributed by atoms with Crippen LogP contribution in [0.15, 0.2) is 12.4 Å². The van der Waals surface area contributed by atoms with Crippen molar-refractivity contribution < 1.29 is 9.90 Å². The van der Waals surface area contributed by atoms with Crippen LogP contribution < -0.4 is 5.32 Å². The highest BCUT2D eigenvalue weighted by molar-refractivity contribution is 7.99. The predicted molar refractivity (Wildman–Crippen MR) is 76.1 cm³/mol. The number of carbonyl (C=O) groups excluding carboxylic acids is 1. The number of hydrogen-bond donors (Lipinski definition) is 2. The van der Waals surface area contributed by atoms with E-state index in [9.17, 15) is 9.90 Å². The highest BCUT2D eigenvalue weighted by Crippen LogP contribution is 2.26. The molecule has 2 rings (SSSR count). The van der Waals surface area contributed by atoms with Crippen LogP contribution >= 0.6 is 11.8 Å². The van der Waals surface area contributed by atoms with Crippen LogP contribution in [0.5, 0.6) is 0 Å². The number of nitrogens with zero attached hydrogens (tertiary/aromatic N) is 2. The summed E-state index contributed by atoms with van der Waals surface area (Å²) in [5.41, 5.74) is 0.387. The summed E-state index contributed by atoms with van der Waals surface area (Å²) in [5.74, 6) is 1.91. The van der Waals surface area contributed by atoms with Crippen LogP contribution in [0.2, 0.25) is 0 Å². The van der Waals surface area contributed by atoms with Crippen LogP contribution in [-0.4, -0.2) is 44.4 Å². The number of thioether (sulfide) groups is 1. The van der Waals surface area contributed by atoms with Gasteiger partial charge in [0.05, 0.1) is 11.8 Å². The summed E-state index contributed by atoms with van der Waals surface area (Å²) in [7, 11) is 0. The second-order valence-electron chi connectivity index (χ2n) is 5.14. The molecule has 1 fully saturated rings. The lowest BCUT2D eigenvalue weighted by molar-refractivity contribution is -0.122. The summed E-state index contributed by atoms with van der Waals surface area (Å²) in [4.78, 5) is 11.7. The molecule has 1 aliphatic rings. The molecule has 1 amide bonds. The molecule has 0 saturated carbocycles. The van der Waals surface area contributed by atoms with Gasteiger partial charge in [-0.05, 0) is 36.8 Å². The van der Waals surface area contributed by atoms with Gasteiger partial charge in [0.2, 0.25) is 5.91 Å². The van der Waals surface area contributed by atoms with E-state index < -0.39 is 5.60 Å². The van der Waals surface area contributed by atoms with Gasteiger partial charge >= 0.3 is 0 Å². The fraction of sp³-hybridized carbons (Fsp3) is 0.692. The van der Waals surface area contributed by atoms with Gasteiger partial charge < -0.3 is 10.4 Å². The number of aliphatic hydroxyl groups is 1. The third kappa shape index (κ3) is 4.54. The SMILES string of the molecule is Cc1cnn(CCC(=O)NCC2(O)CCSCC2)c1. The lowest BCUT2D eigenvalue weighted by Crippen LogP contribution is -2.45. The molecule has 0 radical (unpaired) electrons. The minimum absolute atomic E-state index is 0.0280. The van der Waals surface area contributed by atoms with Gasteiger partial charge in [0.1, 0.15) is 0 Å². The van der Waals surface area contributed by atoms with Crippen molar-refractivity contribution in [3.05, 3.63) is 18.0 Å². The maximum atomic E-state index is 11.7. The van der Waals surface area contributed by atoms with E-state index in [0.29, 0.717) is 19.5 Å². The van der Waals surface area contributed by atoms with E-state index in [4.69, 9.17) is 0 Å². The molecule has 0 aliphatic carbocycles. The molecule has 1 saturated heterocycles. The molecule has 6 heteroatoms. The first-order valence-corrected chi connectivity index (χ1v) is 7.79. The molecule has 2 N–H and O–H groups in total. The average Bonchev–Trinajstić information content (AvgIpc) is 2.81. The van der Waals surface area contributed by atoms with E-state index in [1.807, 2.05) is 24.9 Å². The van der Waals surface area contributed by atoms with Gasteiger partial charge in [-0.15, -0.1) is 0 Å². The summed E-state index contributed by atoms with van der Waals surface area (Å²) < 4.78 is 1.76. The topological polar surface area (TPSA) is 67.2 Å². The molecule has 0 atom stereocenters. The number of aromatic nitrogens is 2. The van der Waals surface area contributed by atoms with Gasteiger partial charge in [-0.2, -0.15) is 16.9 Å². The Kier molecular flexibility index (Phi) is 4.87. The van der Waals surface area contributed by atoms with Gasteiger partial charge in [-0.3, -0.25) is 9.48 Å². The molecule has 19 heavy (non-hydrogen) atoms. The summed E-state index contributed by atoms with van der Waals surface area (Å²) in [6.45, 7) is 2.92. The molecule has 0 unspecified atom stereocenters. The number of aryl methyl sites for hydroxylation is 2. The minimum Gasteiger partial charge on any atom is -0.388 e. The van der Waals surface area contributed by atoms with Gasteiger partial charge in [0, 0.05) is 25.7 Å². The number of nitrogens with one attached hydrogen (secondary N) is 1. The number of rotatable bonds is 5. The van der Waals surface area contributed by atoms with E-state index in [2.05, 4.69) is 10.4 Å². The summed E-state index contributed by atoms with van der Waals surface area (Å²) in [5, 5.41) is 17.2. The molecular formula is C13H21N3O2S. The Morgan fingerprint density at radius 3 is 2.95 bits per heavy atom. The monoisotopic (exact) mass is 283 g/mol. The van der Waals surface area contributed by atoms with Crippen molar-refractivity contribution in [3.8, 4) is 0 Å². The average molecular weight is 283 g/mol. The van der Waals surface area contributed by atoms with Crippen molar-refractivity contribution in [2.45, 2.75) is 38.3 Å². The highest BCUT2D eigenvalue weighted by atomic mass is 32.2. The first kappa shape index (κ1) is 14.4. The standard InChI is InChI=1S/C13H21N3O2S/c1-11-8-15-16(9-11)5-2-12(17)14-10-13(18)3-6-19-7-4-13/h8-9,18H,2-7,10H2,1H3,(H,14,17). The Morgan fingerprint density at radius 1 is 1.58 bits per heavy atom. The second kappa shape index (κ2) is 6.43. The Labute approximate surface area is 117 Å². The number of hydrogen-bond acceptors (Lipinski definition) is 4. The van der Waals surface area contributed by atoms with Crippen LogP contribution in [0, 0.1) is 6.92 Å². The zero-order chi connectivity index (χ0) is 13.7. The quantitative estimate of drug-likeness (QED) is 0.844. The lowest BCUT2D eigenvalue weighted by Gasteiger charge is -2.31. The summed E-state index contributed by atoms with van der Waals surface area (Å²) in [6.07, 6.45) is 5.61. The number of carbonyl (C=O) groups is 1. The molecule has 106 valence electrons. The first-order valence-electron chi connectivity index (χ1n) is 6.63. The Balaban J connectivity index is 1.69. The largest absolute Gasteiger partial charge is 0.388 e. The van der Waals surface area contributed by atoms with Gasteiger partial charge in [-0.25, -0.2) is 0 Å². The normalized spacial score (nSPS) is 18.2. The fourth-order valence-corrected chi connectivity index (χ4v) is 3.34. The van der Waals surface area contributed by atoms with Crippen LogP contribution in [0.3, 0.4) is 0 Å². The Morgan fingerprint density at radius 2 is 2.32 bits per heavy atom. The Hall–Kier alpha value is -1.01. The van der Waals surface area contributed by atoms with Crippen molar-refractivity contribution >= 4 is 17.7 Å². The van der Waals surface area contributed by atoms with Crippen molar-refractivity contribution in [1.29, 1.82) is 0 Å². The highest BCUT2D eigenvalue weighted by Gasteiger charge is 2.29. The van der Waals surface area contributed by atoms with E-state index >= 15 is 0 Å². The lowest BCUT2D eigenvalue weighted by atomic mass is 9.97. The van der Waals surface area contributed by atoms with Crippen molar-refractivity contribution in [3.63, 3.8) is 0 Å². The minimum atomic E-state index is -0.705. The van der Waals surface area contributed by atoms with E-state index in [0.717, 1.165) is 29.9 Å². The maximum Gasteiger partial charge on any atom is 0.221 e.